The molecule has 26 heavy (non-hydrogen) atoms. The summed E-state index contributed by atoms with van der Waals surface area (Å²) in [6.45, 7) is 0. The van der Waals surface area contributed by atoms with Gasteiger partial charge in [0, 0.05) is 0 Å². The highest BCUT2D eigenvalue weighted by Crippen LogP contribution is 2.25. The molecule has 1 atom stereocenters. The van der Waals surface area contributed by atoms with E-state index in [0.29, 0.717) is 6.42 Å². The number of aldehydes is 1. The summed E-state index contributed by atoms with van der Waals surface area (Å²) in [6.07, 6.45) is 1.28. The fourth-order valence-corrected chi connectivity index (χ4v) is 3.05. The minimum atomic E-state index is -0.556. The number of nitrogens with one attached hydrogen (secondary N) is 1. The quantitative estimate of drug-likeness (QED) is 0.664. The van der Waals surface area contributed by atoms with E-state index in [4.69, 9.17) is 0 Å². The van der Waals surface area contributed by atoms with Gasteiger partial charge in [0.1, 0.15) is 6.29 Å². The van der Waals surface area contributed by atoms with Crippen LogP contribution in [0.25, 0.3) is 0 Å². The van der Waals surface area contributed by atoms with E-state index in [1.54, 1.807) is 0 Å². The van der Waals surface area contributed by atoms with Gasteiger partial charge in [-0.3, -0.25) is 4.79 Å². The minimum Gasteiger partial charge on any atom is -0.345 e. The molecule has 0 radical (unpaired) electrons. The highest BCUT2D eigenvalue weighted by atomic mass is 16.2. The highest BCUT2D eigenvalue weighted by Gasteiger charge is 2.24. The zero-order valence-corrected chi connectivity index (χ0v) is 14.4. The maximum atomic E-state index is 13.0. The van der Waals surface area contributed by atoms with E-state index in [1.165, 1.54) is 0 Å². The van der Waals surface area contributed by atoms with E-state index in [9.17, 15) is 9.59 Å². The van der Waals surface area contributed by atoms with E-state index in [1.807, 2.05) is 91.0 Å². The smallest absolute Gasteiger partial charge is 0.232 e. The largest absolute Gasteiger partial charge is 0.345 e. The molecule has 3 aromatic carbocycles. The summed E-state index contributed by atoms with van der Waals surface area (Å²) >= 11 is 0. The monoisotopic (exact) mass is 343 g/mol. The van der Waals surface area contributed by atoms with Crippen molar-refractivity contribution in [2.45, 2.75) is 18.4 Å². The molecule has 0 aliphatic rings. The van der Waals surface area contributed by atoms with E-state index >= 15 is 0 Å². The van der Waals surface area contributed by atoms with Gasteiger partial charge in [0.05, 0.1) is 12.0 Å². The molecule has 0 aromatic heterocycles. The third kappa shape index (κ3) is 4.45. The Kier molecular flexibility index (Phi) is 5.94. The number of hydrogen-bond acceptors (Lipinski definition) is 2. The first-order valence-corrected chi connectivity index (χ1v) is 8.67. The van der Waals surface area contributed by atoms with E-state index in [0.717, 1.165) is 23.0 Å². The number of carbonyl (C=O) groups is 2. The lowest BCUT2D eigenvalue weighted by atomic mass is 9.90. The van der Waals surface area contributed by atoms with Gasteiger partial charge in [0.2, 0.25) is 5.91 Å². The summed E-state index contributed by atoms with van der Waals surface area (Å²) in [5.74, 6) is -0.619. The van der Waals surface area contributed by atoms with Crippen LogP contribution < -0.4 is 5.32 Å². The molecule has 130 valence electrons. The molecule has 3 nitrogen and oxygen atoms in total. The van der Waals surface area contributed by atoms with Gasteiger partial charge in [-0.25, -0.2) is 0 Å². The third-order valence-corrected chi connectivity index (χ3v) is 4.32. The Bertz CT molecular complexity index is 792. The lowest BCUT2D eigenvalue weighted by Crippen LogP contribution is -2.40. The molecule has 0 bridgehead atoms. The van der Waals surface area contributed by atoms with Crippen LogP contribution in [0, 0.1) is 0 Å². The lowest BCUT2D eigenvalue weighted by molar-refractivity contribution is -0.124. The third-order valence-electron chi connectivity index (χ3n) is 4.32. The molecule has 1 N–H and O–H groups in total. The predicted octanol–water partition coefficient (Wildman–Crippen LogP) is 3.74. The molecular formula is C23H21NO2. The first-order chi connectivity index (χ1) is 12.8. The number of amides is 1. The average molecular weight is 343 g/mol. The van der Waals surface area contributed by atoms with Crippen LogP contribution in [0.2, 0.25) is 0 Å². The van der Waals surface area contributed by atoms with Crippen LogP contribution in [0.3, 0.4) is 0 Å². The molecule has 0 heterocycles. The van der Waals surface area contributed by atoms with Crippen LogP contribution in [-0.2, 0) is 16.0 Å². The van der Waals surface area contributed by atoms with Crippen molar-refractivity contribution in [2.75, 3.05) is 0 Å². The van der Waals surface area contributed by atoms with Crippen molar-refractivity contribution in [3.63, 3.8) is 0 Å². The van der Waals surface area contributed by atoms with Crippen molar-refractivity contribution in [3.05, 3.63) is 108 Å². The Hall–Kier alpha value is -3.20. The van der Waals surface area contributed by atoms with Crippen molar-refractivity contribution >= 4 is 12.2 Å². The summed E-state index contributed by atoms with van der Waals surface area (Å²) in [5.41, 5.74) is 2.82. The van der Waals surface area contributed by atoms with Gasteiger partial charge in [-0.15, -0.1) is 0 Å². The normalized spacial score (nSPS) is 11.7. The second kappa shape index (κ2) is 8.77. The first-order valence-electron chi connectivity index (χ1n) is 8.67. The Morgan fingerprint density at radius 1 is 0.769 bits per heavy atom. The first kappa shape index (κ1) is 17.6. The van der Waals surface area contributed by atoms with Crippen molar-refractivity contribution in [1.29, 1.82) is 0 Å². The van der Waals surface area contributed by atoms with E-state index in [-0.39, 0.29) is 5.91 Å². The molecule has 0 unspecified atom stereocenters. The molecule has 0 saturated carbocycles. The van der Waals surface area contributed by atoms with Crippen LogP contribution in [0.5, 0.6) is 0 Å². The van der Waals surface area contributed by atoms with Crippen LogP contribution in [0.1, 0.15) is 22.6 Å². The Labute approximate surface area is 153 Å². The summed E-state index contributed by atoms with van der Waals surface area (Å²) in [5, 5.41) is 2.91. The van der Waals surface area contributed by atoms with Gasteiger partial charge in [-0.05, 0) is 23.1 Å². The molecule has 0 aliphatic heterocycles. The molecule has 3 aromatic rings. The highest BCUT2D eigenvalue weighted by molar-refractivity contribution is 5.89. The number of carbonyl (C=O) groups excluding carboxylic acids is 2. The summed E-state index contributed by atoms with van der Waals surface area (Å²) in [7, 11) is 0. The van der Waals surface area contributed by atoms with Gasteiger partial charge in [-0.1, -0.05) is 91.0 Å². The lowest BCUT2D eigenvalue weighted by Gasteiger charge is -2.20. The van der Waals surface area contributed by atoms with Crippen LogP contribution in [0.15, 0.2) is 91.0 Å². The van der Waals surface area contributed by atoms with Gasteiger partial charge >= 0.3 is 0 Å². The molecule has 0 fully saturated rings. The number of hydrogen-bond donors (Lipinski definition) is 1. The standard InChI is InChI=1S/C23H21NO2/c25-17-21(16-18-10-4-1-5-11-18)24-23(26)22(19-12-6-2-7-13-19)20-14-8-3-9-15-20/h1-15,17,21-22H,16H2,(H,24,26)/t21-/m0/s1. The molecule has 0 aliphatic carbocycles. The van der Waals surface area contributed by atoms with Crippen molar-refractivity contribution in [1.82, 2.24) is 5.32 Å². The van der Waals surface area contributed by atoms with Crippen LogP contribution >= 0.6 is 0 Å². The van der Waals surface area contributed by atoms with E-state index < -0.39 is 12.0 Å². The number of benzene rings is 3. The van der Waals surface area contributed by atoms with Gasteiger partial charge in [0.15, 0.2) is 0 Å². The molecule has 0 spiro atoms. The van der Waals surface area contributed by atoms with Crippen molar-refractivity contribution in [2.24, 2.45) is 0 Å². The fourth-order valence-electron chi connectivity index (χ4n) is 3.05. The maximum absolute atomic E-state index is 13.0. The molecule has 0 saturated heterocycles. The van der Waals surface area contributed by atoms with Crippen LogP contribution in [0.4, 0.5) is 0 Å². The summed E-state index contributed by atoms with van der Waals surface area (Å²) in [4.78, 5) is 24.6. The number of rotatable bonds is 7. The second-order valence-electron chi connectivity index (χ2n) is 6.20. The van der Waals surface area contributed by atoms with Gasteiger partial charge in [-0.2, -0.15) is 0 Å². The molecule has 1 amide bonds. The Morgan fingerprint density at radius 3 is 1.69 bits per heavy atom. The van der Waals surface area contributed by atoms with Crippen molar-refractivity contribution < 1.29 is 9.59 Å². The maximum Gasteiger partial charge on any atom is 0.232 e. The predicted molar refractivity (Wildman–Crippen MR) is 103 cm³/mol. The minimum absolute atomic E-state index is 0.171. The molecular weight excluding hydrogens is 322 g/mol. The topological polar surface area (TPSA) is 46.2 Å². The zero-order valence-electron chi connectivity index (χ0n) is 14.4. The summed E-state index contributed by atoms with van der Waals surface area (Å²) < 4.78 is 0. The molecule has 3 heteroatoms. The van der Waals surface area contributed by atoms with Crippen LogP contribution in [-0.4, -0.2) is 18.2 Å². The second-order valence-corrected chi connectivity index (χ2v) is 6.20. The van der Waals surface area contributed by atoms with Gasteiger partial charge < -0.3 is 10.1 Å². The van der Waals surface area contributed by atoms with Crippen molar-refractivity contribution in [3.8, 4) is 0 Å². The SMILES string of the molecule is O=C[C@H](Cc1ccccc1)NC(=O)C(c1ccccc1)c1ccccc1. The average Bonchev–Trinajstić information content (AvgIpc) is 2.70. The summed E-state index contributed by atoms with van der Waals surface area (Å²) in [6, 6.07) is 28.4. The molecule has 3 rings (SSSR count). The Morgan fingerprint density at radius 2 is 1.23 bits per heavy atom. The van der Waals surface area contributed by atoms with Gasteiger partial charge in [0.25, 0.3) is 0 Å². The zero-order chi connectivity index (χ0) is 18.2. The Balaban J connectivity index is 1.82. The van der Waals surface area contributed by atoms with E-state index in [2.05, 4.69) is 5.32 Å². The fraction of sp³-hybridized carbons (Fsp3) is 0.130.